The molecule has 1 aliphatic heterocycles. The van der Waals surface area contributed by atoms with Crippen LogP contribution in [-0.2, 0) is 14.3 Å². The summed E-state index contributed by atoms with van der Waals surface area (Å²) >= 11 is 0. The van der Waals surface area contributed by atoms with Gasteiger partial charge in [0.2, 0.25) is 5.91 Å². The Hall–Kier alpha value is -1.14. The van der Waals surface area contributed by atoms with Crippen LogP contribution in [0.2, 0.25) is 0 Å². The van der Waals surface area contributed by atoms with Crippen LogP contribution in [0.15, 0.2) is 0 Å². The first-order chi connectivity index (χ1) is 8.04. The van der Waals surface area contributed by atoms with E-state index in [0.29, 0.717) is 19.6 Å². The Kier molecular flexibility index (Phi) is 5.37. The van der Waals surface area contributed by atoms with Crippen LogP contribution in [0.25, 0.3) is 0 Å². The number of hydrogen-bond donors (Lipinski definition) is 2. The van der Waals surface area contributed by atoms with Gasteiger partial charge in [-0.1, -0.05) is 0 Å². The van der Waals surface area contributed by atoms with Gasteiger partial charge >= 0.3 is 5.97 Å². The van der Waals surface area contributed by atoms with Crippen LogP contribution in [-0.4, -0.2) is 60.8 Å². The average molecular weight is 244 g/mol. The summed E-state index contributed by atoms with van der Waals surface area (Å²) in [5.41, 5.74) is 0. The summed E-state index contributed by atoms with van der Waals surface area (Å²) in [5, 5.41) is 11.7. The largest absolute Gasteiger partial charge is 0.480 e. The second-order valence-electron chi connectivity index (χ2n) is 4.39. The van der Waals surface area contributed by atoms with Gasteiger partial charge in [0, 0.05) is 13.2 Å². The lowest BCUT2D eigenvalue weighted by atomic mass is 10.2. The van der Waals surface area contributed by atoms with Gasteiger partial charge in [-0.05, 0) is 26.3 Å². The number of carbonyl (C=O) groups is 2. The maximum Gasteiger partial charge on any atom is 0.320 e. The highest BCUT2D eigenvalue weighted by Crippen LogP contribution is 2.16. The molecule has 1 fully saturated rings. The molecular weight excluding hydrogens is 224 g/mol. The Bertz CT molecular complexity index is 283. The highest BCUT2D eigenvalue weighted by Gasteiger charge is 2.31. The van der Waals surface area contributed by atoms with E-state index in [4.69, 9.17) is 9.84 Å². The van der Waals surface area contributed by atoms with Crippen LogP contribution in [0, 0.1) is 0 Å². The van der Waals surface area contributed by atoms with Crippen LogP contribution in [0.5, 0.6) is 0 Å². The molecule has 0 aromatic heterocycles. The number of amides is 1. The zero-order valence-electron chi connectivity index (χ0n) is 10.3. The molecule has 1 aliphatic rings. The van der Waals surface area contributed by atoms with Gasteiger partial charge in [0.15, 0.2) is 0 Å². The maximum absolute atomic E-state index is 11.7. The second-order valence-corrected chi connectivity index (χ2v) is 4.39. The number of nitrogens with one attached hydrogen (secondary N) is 1. The number of carboxylic acid groups (broad SMARTS) is 1. The molecule has 1 saturated heterocycles. The number of methoxy groups -OCH3 is 1. The molecule has 1 amide bonds. The summed E-state index contributed by atoms with van der Waals surface area (Å²) in [6.07, 6.45) is 1.45. The minimum absolute atomic E-state index is 0.0571. The third kappa shape index (κ3) is 4.32. The summed E-state index contributed by atoms with van der Waals surface area (Å²) in [6.45, 7) is 3.11. The molecular formula is C11H20N2O4. The molecule has 1 heterocycles. The van der Waals surface area contributed by atoms with Crippen molar-refractivity contribution < 1.29 is 19.4 Å². The van der Waals surface area contributed by atoms with Gasteiger partial charge in [-0.2, -0.15) is 0 Å². The monoisotopic (exact) mass is 244 g/mol. The SMILES string of the molecule is COCC(C)NC(=O)CN1CCCC1C(=O)O. The van der Waals surface area contributed by atoms with Crippen molar-refractivity contribution in [1.29, 1.82) is 0 Å². The van der Waals surface area contributed by atoms with Gasteiger partial charge in [-0.15, -0.1) is 0 Å². The lowest BCUT2D eigenvalue weighted by molar-refractivity contribution is -0.142. The van der Waals surface area contributed by atoms with Crippen LogP contribution < -0.4 is 5.32 Å². The van der Waals surface area contributed by atoms with E-state index in [2.05, 4.69) is 5.32 Å². The molecule has 0 aliphatic carbocycles. The van der Waals surface area contributed by atoms with Crippen molar-refractivity contribution >= 4 is 11.9 Å². The number of carbonyl (C=O) groups excluding carboxylic acids is 1. The predicted molar refractivity (Wildman–Crippen MR) is 61.7 cm³/mol. The molecule has 0 spiro atoms. The van der Waals surface area contributed by atoms with Gasteiger partial charge < -0.3 is 15.2 Å². The zero-order valence-corrected chi connectivity index (χ0v) is 10.3. The Labute approximate surface area is 101 Å². The van der Waals surface area contributed by atoms with E-state index in [9.17, 15) is 9.59 Å². The molecule has 2 atom stereocenters. The average Bonchev–Trinajstić information content (AvgIpc) is 2.65. The van der Waals surface area contributed by atoms with Crippen molar-refractivity contribution in [2.75, 3.05) is 26.8 Å². The van der Waals surface area contributed by atoms with Crippen molar-refractivity contribution in [1.82, 2.24) is 10.2 Å². The lowest BCUT2D eigenvalue weighted by Gasteiger charge is -2.21. The molecule has 98 valence electrons. The van der Waals surface area contributed by atoms with Crippen molar-refractivity contribution in [2.45, 2.75) is 31.8 Å². The van der Waals surface area contributed by atoms with Gasteiger partial charge in [-0.25, -0.2) is 0 Å². The third-order valence-electron chi connectivity index (χ3n) is 2.82. The van der Waals surface area contributed by atoms with Crippen LogP contribution >= 0.6 is 0 Å². The van der Waals surface area contributed by atoms with Gasteiger partial charge in [-0.3, -0.25) is 14.5 Å². The zero-order chi connectivity index (χ0) is 12.8. The molecule has 0 bridgehead atoms. The number of ether oxygens (including phenoxy) is 1. The van der Waals surface area contributed by atoms with Crippen molar-refractivity contribution in [3.63, 3.8) is 0 Å². The van der Waals surface area contributed by atoms with Crippen molar-refractivity contribution in [2.24, 2.45) is 0 Å². The van der Waals surface area contributed by atoms with Crippen LogP contribution in [0.3, 0.4) is 0 Å². The Morgan fingerprint density at radius 3 is 2.88 bits per heavy atom. The first-order valence-electron chi connectivity index (χ1n) is 5.79. The molecule has 0 radical (unpaired) electrons. The van der Waals surface area contributed by atoms with Crippen molar-refractivity contribution in [3.8, 4) is 0 Å². The fraction of sp³-hybridized carbons (Fsp3) is 0.818. The fourth-order valence-electron chi connectivity index (χ4n) is 2.09. The van der Waals surface area contributed by atoms with Gasteiger partial charge in [0.1, 0.15) is 6.04 Å². The molecule has 0 saturated carbocycles. The normalized spacial score (nSPS) is 22.4. The van der Waals surface area contributed by atoms with E-state index in [1.807, 2.05) is 6.92 Å². The highest BCUT2D eigenvalue weighted by atomic mass is 16.5. The first kappa shape index (κ1) is 13.9. The molecule has 1 rings (SSSR count). The summed E-state index contributed by atoms with van der Waals surface area (Å²) in [5.74, 6) is -0.997. The number of aliphatic carboxylic acids is 1. The van der Waals surface area contributed by atoms with Gasteiger partial charge in [0.05, 0.1) is 13.2 Å². The number of hydrogen-bond acceptors (Lipinski definition) is 4. The van der Waals surface area contributed by atoms with E-state index in [-0.39, 0.29) is 18.5 Å². The molecule has 0 aromatic carbocycles. The first-order valence-corrected chi connectivity index (χ1v) is 5.79. The third-order valence-corrected chi connectivity index (χ3v) is 2.82. The number of likely N-dealkylation sites (tertiary alicyclic amines) is 1. The van der Waals surface area contributed by atoms with Crippen molar-refractivity contribution in [3.05, 3.63) is 0 Å². The molecule has 2 N–H and O–H groups in total. The molecule has 0 aromatic rings. The Morgan fingerprint density at radius 2 is 2.29 bits per heavy atom. The number of rotatable bonds is 6. The Morgan fingerprint density at radius 1 is 1.59 bits per heavy atom. The minimum Gasteiger partial charge on any atom is -0.480 e. The summed E-state index contributed by atoms with van der Waals surface area (Å²) in [4.78, 5) is 24.3. The predicted octanol–water partition coefficient (Wildman–Crippen LogP) is -0.313. The van der Waals surface area contributed by atoms with E-state index in [0.717, 1.165) is 6.42 Å². The molecule has 17 heavy (non-hydrogen) atoms. The van der Waals surface area contributed by atoms with Gasteiger partial charge in [0.25, 0.3) is 0 Å². The highest BCUT2D eigenvalue weighted by molar-refractivity contribution is 5.80. The van der Waals surface area contributed by atoms with Crippen LogP contribution in [0.1, 0.15) is 19.8 Å². The quantitative estimate of drug-likeness (QED) is 0.670. The fourth-order valence-corrected chi connectivity index (χ4v) is 2.09. The minimum atomic E-state index is -0.847. The Balaban J connectivity index is 2.37. The number of nitrogens with zero attached hydrogens (tertiary/aromatic N) is 1. The molecule has 6 heteroatoms. The number of carboxylic acids is 1. The molecule has 6 nitrogen and oxygen atoms in total. The summed E-state index contributed by atoms with van der Waals surface area (Å²) in [7, 11) is 1.57. The standard InChI is InChI=1S/C11H20N2O4/c1-8(7-17-2)12-10(14)6-13-5-3-4-9(13)11(15)16/h8-9H,3-7H2,1-2H3,(H,12,14)(H,15,16). The summed E-state index contributed by atoms with van der Waals surface area (Å²) in [6, 6.07) is -0.572. The second kappa shape index (κ2) is 6.56. The van der Waals surface area contributed by atoms with E-state index in [1.165, 1.54) is 0 Å². The summed E-state index contributed by atoms with van der Waals surface area (Å²) < 4.78 is 4.91. The molecule has 2 unspecified atom stereocenters. The maximum atomic E-state index is 11.7. The smallest absolute Gasteiger partial charge is 0.320 e. The van der Waals surface area contributed by atoms with E-state index >= 15 is 0 Å². The lowest BCUT2D eigenvalue weighted by Crippen LogP contribution is -2.45. The topological polar surface area (TPSA) is 78.9 Å². The van der Waals surface area contributed by atoms with Crippen LogP contribution in [0.4, 0.5) is 0 Å². The van der Waals surface area contributed by atoms with E-state index in [1.54, 1.807) is 12.0 Å². The van der Waals surface area contributed by atoms with E-state index < -0.39 is 12.0 Å².